The number of carboxylic acids is 1. The highest BCUT2D eigenvalue weighted by atomic mass is 35.5. The van der Waals surface area contributed by atoms with Gasteiger partial charge >= 0.3 is 5.97 Å². The van der Waals surface area contributed by atoms with Crippen LogP contribution in [0.25, 0.3) is 0 Å². The number of halogens is 1. The molecule has 1 atom stereocenters. The summed E-state index contributed by atoms with van der Waals surface area (Å²) < 4.78 is 16.7. The Kier molecular flexibility index (Phi) is 7.99. The number of hydrogen-bond acceptors (Lipinski definition) is 5. The normalized spacial score (nSPS) is 17.7. The minimum atomic E-state index is -1.20. The molecular formula is C24H28ClNO6. The SMILES string of the molecule is CCOc1ccc(C(=O)NCc2cc(CC3(C(=O)O)CCCO3)ccc2OCC)c(Cl)c1. The van der Waals surface area contributed by atoms with E-state index in [9.17, 15) is 14.7 Å². The standard InChI is InChI=1S/C24H28ClNO6/c1-3-30-18-7-8-19(20(25)13-18)22(27)26-15-17-12-16(6-9-21(17)31-4-2)14-24(23(28)29)10-5-11-32-24/h6-9,12-13H,3-5,10-11,14-15H2,1-2H3,(H,26,27)(H,28,29). The molecule has 0 bridgehead atoms. The molecule has 1 fully saturated rings. The van der Waals surface area contributed by atoms with Crippen molar-refractivity contribution in [2.24, 2.45) is 0 Å². The average Bonchev–Trinajstić information content (AvgIpc) is 3.24. The van der Waals surface area contributed by atoms with Crippen molar-refractivity contribution in [3.8, 4) is 11.5 Å². The Balaban J connectivity index is 1.76. The van der Waals surface area contributed by atoms with Crippen molar-refractivity contribution in [3.05, 3.63) is 58.1 Å². The lowest BCUT2D eigenvalue weighted by Gasteiger charge is -2.24. The maximum absolute atomic E-state index is 12.7. The molecular weight excluding hydrogens is 434 g/mol. The fourth-order valence-electron chi connectivity index (χ4n) is 3.80. The first-order valence-electron chi connectivity index (χ1n) is 10.7. The van der Waals surface area contributed by atoms with Gasteiger partial charge in [0, 0.05) is 25.1 Å². The van der Waals surface area contributed by atoms with E-state index >= 15 is 0 Å². The monoisotopic (exact) mass is 461 g/mol. The molecule has 0 aromatic heterocycles. The van der Waals surface area contributed by atoms with Crippen LogP contribution in [-0.4, -0.2) is 42.4 Å². The molecule has 1 saturated heterocycles. The zero-order valence-electron chi connectivity index (χ0n) is 18.3. The first-order chi connectivity index (χ1) is 15.4. The molecule has 0 saturated carbocycles. The van der Waals surface area contributed by atoms with Crippen LogP contribution in [0.4, 0.5) is 0 Å². The van der Waals surface area contributed by atoms with Crippen molar-refractivity contribution < 1.29 is 28.9 Å². The van der Waals surface area contributed by atoms with Crippen LogP contribution in [0.3, 0.4) is 0 Å². The predicted molar refractivity (Wildman–Crippen MR) is 121 cm³/mol. The molecule has 2 aromatic carbocycles. The summed E-state index contributed by atoms with van der Waals surface area (Å²) in [5, 5.41) is 12.9. The lowest BCUT2D eigenvalue weighted by Crippen LogP contribution is -2.40. The van der Waals surface area contributed by atoms with E-state index in [-0.39, 0.29) is 18.9 Å². The Hall–Kier alpha value is -2.77. The van der Waals surface area contributed by atoms with Gasteiger partial charge in [-0.15, -0.1) is 0 Å². The fraction of sp³-hybridized carbons (Fsp3) is 0.417. The third-order valence-corrected chi connectivity index (χ3v) is 5.66. The number of benzene rings is 2. The number of carboxylic acid groups (broad SMARTS) is 1. The van der Waals surface area contributed by atoms with E-state index in [1.54, 1.807) is 24.3 Å². The quantitative estimate of drug-likeness (QED) is 0.549. The number of rotatable bonds is 10. The highest BCUT2D eigenvalue weighted by Crippen LogP contribution is 2.32. The van der Waals surface area contributed by atoms with Gasteiger partial charge < -0.3 is 24.6 Å². The Bertz CT molecular complexity index is 971. The van der Waals surface area contributed by atoms with Crippen molar-refractivity contribution in [2.75, 3.05) is 19.8 Å². The van der Waals surface area contributed by atoms with Crippen LogP contribution in [0.5, 0.6) is 11.5 Å². The minimum absolute atomic E-state index is 0.201. The van der Waals surface area contributed by atoms with E-state index in [1.807, 2.05) is 26.0 Å². The van der Waals surface area contributed by atoms with Crippen molar-refractivity contribution in [2.45, 2.75) is 45.3 Å². The number of amides is 1. The van der Waals surface area contributed by atoms with Gasteiger partial charge in [0.05, 0.1) is 23.8 Å². The lowest BCUT2D eigenvalue weighted by molar-refractivity contribution is -0.159. The number of carbonyl (C=O) groups excluding carboxylic acids is 1. The van der Waals surface area contributed by atoms with Crippen molar-refractivity contribution in [1.82, 2.24) is 5.32 Å². The molecule has 7 nitrogen and oxygen atoms in total. The summed E-state index contributed by atoms with van der Waals surface area (Å²) in [5.41, 5.74) is 0.691. The van der Waals surface area contributed by atoms with E-state index in [0.717, 1.165) is 17.5 Å². The van der Waals surface area contributed by atoms with E-state index < -0.39 is 11.6 Å². The molecule has 1 unspecified atom stereocenters. The summed E-state index contributed by atoms with van der Waals surface area (Å²) in [6.07, 6.45) is 1.44. The molecule has 172 valence electrons. The maximum atomic E-state index is 12.7. The van der Waals surface area contributed by atoms with Gasteiger partial charge in [-0.25, -0.2) is 4.79 Å². The summed E-state index contributed by atoms with van der Waals surface area (Å²) in [6.45, 7) is 5.36. The molecule has 2 N–H and O–H groups in total. The van der Waals surface area contributed by atoms with Crippen LogP contribution in [0.1, 0.15) is 48.2 Å². The van der Waals surface area contributed by atoms with Gasteiger partial charge in [0.2, 0.25) is 0 Å². The van der Waals surface area contributed by atoms with Crippen LogP contribution in [0.15, 0.2) is 36.4 Å². The topological polar surface area (TPSA) is 94.1 Å². The van der Waals surface area contributed by atoms with Gasteiger partial charge in [-0.1, -0.05) is 23.7 Å². The second-order valence-electron chi connectivity index (χ2n) is 7.56. The second-order valence-corrected chi connectivity index (χ2v) is 7.97. The molecule has 2 aromatic rings. The average molecular weight is 462 g/mol. The number of nitrogens with one attached hydrogen (secondary N) is 1. The largest absolute Gasteiger partial charge is 0.494 e. The molecule has 3 rings (SSSR count). The van der Waals surface area contributed by atoms with Gasteiger partial charge in [-0.05, 0) is 56.5 Å². The van der Waals surface area contributed by atoms with E-state index in [2.05, 4.69) is 5.32 Å². The summed E-state index contributed by atoms with van der Waals surface area (Å²) in [7, 11) is 0. The summed E-state index contributed by atoms with van der Waals surface area (Å²) in [5.74, 6) is -0.0520. The van der Waals surface area contributed by atoms with Crippen LogP contribution in [0, 0.1) is 0 Å². The van der Waals surface area contributed by atoms with Crippen LogP contribution >= 0.6 is 11.6 Å². The van der Waals surface area contributed by atoms with Gasteiger partial charge in [0.1, 0.15) is 11.5 Å². The number of ether oxygens (including phenoxy) is 3. The first kappa shape index (κ1) is 23.9. The zero-order valence-corrected chi connectivity index (χ0v) is 19.0. The zero-order chi connectivity index (χ0) is 23.1. The number of hydrogen-bond donors (Lipinski definition) is 2. The maximum Gasteiger partial charge on any atom is 0.336 e. The van der Waals surface area contributed by atoms with Gasteiger partial charge in [0.15, 0.2) is 5.60 Å². The molecule has 0 spiro atoms. The van der Waals surface area contributed by atoms with Crippen LogP contribution < -0.4 is 14.8 Å². The first-order valence-corrected chi connectivity index (χ1v) is 11.1. The molecule has 32 heavy (non-hydrogen) atoms. The van der Waals surface area contributed by atoms with Crippen molar-refractivity contribution in [3.63, 3.8) is 0 Å². The molecule has 1 aliphatic rings. The highest BCUT2D eigenvalue weighted by molar-refractivity contribution is 6.34. The van der Waals surface area contributed by atoms with E-state index in [0.29, 0.717) is 48.3 Å². The molecule has 1 heterocycles. The van der Waals surface area contributed by atoms with Crippen LogP contribution in [-0.2, 0) is 22.5 Å². The fourth-order valence-corrected chi connectivity index (χ4v) is 4.05. The van der Waals surface area contributed by atoms with Gasteiger partial charge in [0.25, 0.3) is 5.91 Å². The highest BCUT2D eigenvalue weighted by Gasteiger charge is 2.43. The Morgan fingerprint density at radius 1 is 1.16 bits per heavy atom. The molecule has 0 radical (unpaired) electrons. The van der Waals surface area contributed by atoms with Crippen LogP contribution in [0.2, 0.25) is 5.02 Å². The Labute approximate surface area is 192 Å². The van der Waals surface area contributed by atoms with Gasteiger partial charge in [-0.3, -0.25) is 4.79 Å². The van der Waals surface area contributed by atoms with Crippen molar-refractivity contribution in [1.29, 1.82) is 0 Å². The summed E-state index contributed by atoms with van der Waals surface area (Å²) >= 11 is 6.25. The Morgan fingerprint density at radius 2 is 1.94 bits per heavy atom. The molecule has 1 amide bonds. The second kappa shape index (κ2) is 10.7. The third-order valence-electron chi connectivity index (χ3n) is 5.34. The Morgan fingerprint density at radius 3 is 2.56 bits per heavy atom. The lowest BCUT2D eigenvalue weighted by atomic mass is 9.91. The van der Waals surface area contributed by atoms with E-state index in [4.69, 9.17) is 25.8 Å². The van der Waals surface area contributed by atoms with E-state index in [1.165, 1.54) is 0 Å². The summed E-state index contributed by atoms with van der Waals surface area (Å²) in [6, 6.07) is 10.4. The smallest absolute Gasteiger partial charge is 0.336 e. The third kappa shape index (κ3) is 5.53. The predicted octanol–water partition coefficient (Wildman–Crippen LogP) is 4.24. The molecule has 0 aliphatic carbocycles. The van der Waals surface area contributed by atoms with Crippen molar-refractivity contribution >= 4 is 23.5 Å². The van der Waals surface area contributed by atoms with Gasteiger partial charge in [-0.2, -0.15) is 0 Å². The molecule has 1 aliphatic heterocycles. The minimum Gasteiger partial charge on any atom is -0.494 e. The number of aliphatic carboxylic acids is 1. The number of carbonyl (C=O) groups is 2. The molecule has 8 heteroatoms. The summed E-state index contributed by atoms with van der Waals surface area (Å²) in [4.78, 5) is 24.5.